The molecular formula is C19H18FN5O2. The maximum atomic E-state index is 13.3. The molecule has 138 valence electrons. The predicted octanol–water partition coefficient (Wildman–Crippen LogP) is 2.32. The van der Waals surface area contributed by atoms with Crippen LogP contribution in [0.3, 0.4) is 0 Å². The molecule has 0 bridgehead atoms. The normalized spacial score (nSPS) is 16.9. The lowest BCUT2D eigenvalue weighted by atomic mass is 10.1. The summed E-state index contributed by atoms with van der Waals surface area (Å²) >= 11 is 0. The van der Waals surface area contributed by atoms with Crippen molar-refractivity contribution in [3.63, 3.8) is 0 Å². The number of benzene rings is 2. The third-order valence-electron chi connectivity index (χ3n) is 4.27. The van der Waals surface area contributed by atoms with E-state index < -0.39 is 0 Å². The molecule has 27 heavy (non-hydrogen) atoms. The van der Waals surface area contributed by atoms with E-state index in [0.29, 0.717) is 18.0 Å². The van der Waals surface area contributed by atoms with Crippen molar-refractivity contribution < 1.29 is 13.9 Å². The number of carbonyl (C=O) groups is 1. The van der Waals surface area contributed by atoms with Crippen LogP contribution in [-0.2, 0) is 4.74 Å². The highest BCUT2D eigenvalue weighted by Crippen LogP contribution is 2.21. The molecule has 3 aromatic rings. The number of anilines is 1. The summed E-state index contributed by atoms with van der Waals surface area (Å²) in [7, 11) is 0. The number of hydrogen-bond acceptors (Lipinski definition) is 5. The largest absolute Gasteiger partial charge is 0.371 e. The first kappa shape index (κ1) is 17.3. The summed E-state index contributed by atoms with van der Waals surface area (Å²) in [5, 5.41) is 13.8. The lowest BCUT2D eigenvalue weighted by Gasteiger charge is -2.24. The molecule has 1 aliphatic rings. The molecule has 1 atom stereocenters. The standard InChI is InChI=1S/C19H18FN5O2/c20-14-2-1-3-16(10-14)25-12-17(23-24-25)19(26)22-15-6-4-13(5-7-15)18-11-21-8-9-27-18/h1-7,10,12,18,21H,8-9,11H2,(H,22,26). The number of carbonyl (C=O) groups excluding carboxylic acids is 1. The molecule has 1 aromatic heterocycles. The van der Waals surface area contributed by atoms with Crippen LogP contribution in [0.5, 0.6) is 0 Å². The molecule has 2 aromatic carbocycles. The lowest BCUT2D eigenvalue weighted by molar-refractivity contribution is 0.0277. The molecule has 0 saturated carbocycles. The highest BCUT2D eigenvalue weighted by Gasteiger charge is 2.16. The van der Waals surface area contributed by atoms with Gasteiger partial charge in [0.1, 0.15) is 5.82 Å². The van der Waals surface area contributed by atoms with Crippen molar-refractivity contribution in [3.05, 3.63) is 71.8 Å². The van der Waals surface area contributed by atoms with Gasteiger partial charge >= 0.3 is 0 Å². The van der Waals surface area contributed by atoms with Crippen molar-refractivity contribution in [2.24, 2.45) is 0 Å². The first-order valence-electron chi connectivity index (χ1n) is 8.61. The van der Waals surface area contributed by atoms with Crippen molar-refractivity contribution >= 4 is 11.6 Å². The lowest BCUT2D eigenvalue weighted by Crippen LogP contribution is -2.33. The average Bonchev–Trinajstić information content (AvgIpc) is 3.20. The Balaban J connectivity index is 1.43. The molecule has 2 N–H and O–H groups in total. The Labute approximate surface area is 155 Å². The Morgan fingerprint density at radius 3 is 2.85 bits per heavy atom. The minimum Gasteiger partial charge on any atom is -0.371 e. The number of halogens is 1. The van der Waals surface area contributed by atoms with Gasteiger partial charge in [-0.15, -0.1) is 5.10 Å². The van der Waals surface area contributed by atoms with Crippen molar-refractivity contribution in [2.45, 2.75) is 6.10 Å². The SMILES string of the molecule is O=C(Nc1ccc(C2CNCCO2)cc1)c1cn(-c2cccc(F)c2)nn1. The predicted molar refractivity (Wildman–Crippen MR) is 97.3 cm³/mol. The topological polar surface area (TPSA) is 81.1 Å². The van der Waals surface area contributed by atoms with Crippen molar-refractivity contribution in [3.8, 4) is 5.69 Å². The minimum atomic E-state index is -0.388. The zero-order chi connectivity index (χ0) is 18.6. The molecule has 4 rings (SSSR count). The molecule has 1 aliphatic heterocycles. The quantitative estimate of drug-likeness (QED) is 0.740. The molecule has 0 aliphatic carbocycles. The summed E-state index contributed by atoms with van der Waals surface area (Å²) in [5.74, 6) is -0.771. The minimum absolute atomic E-state index is 0.0228. The maximum absolute atomic E-state index is 13.3. The van der Waals surface area contributed by atoms with Gasteiger partial charge in [0.15, 0.2) is 5.69 Å². The van der Waals surface area contributed by atoms with E-state index in [2.05, 4.69) is 20.9 Å². The molecular weight excluding hydrogens is 349 g/mol. The van der Waals surface area contributed by atoms with E-state index in [0.717, 1.165) is 18.7 Å². The second-order valence-electron chi connectivity index (χ2n) is 6.17. The summed E-state index contributed by atoms with van der Waals surface area (Å²) in [6.45, 7) is 2.32. The van der Waals surface area contributed by atoms with Gasteiger partial charge in [0, 0.05) is 18.8 Å². The van der Waals surface area contributed by atoms with Crippen molar-refractivity contribution in [1.82, 2.24) is 20.3 Å². The molecule has 8 heteroatoms. The monoisotopic (exact) mass is 367 g/mol. The fourth-order valence-corrected chi connectivity index (χ4v) is 2.87. The van der Waals surface area contributed by atoms with Crippen LogP contribution >= 0.6 is 0 Å². The summed E-state index contributed by atoms with van der Waals surface area (Å²) in [6.07, 6.45) is 1.48. The van der Waals surface area contributed by atoms with Crippen LogP contribution in [0.4, 0.5) is 10.1 Å². The van der Waals surface area contributed by atoms with Gasteiger partial charge in [0.2, 0.25) is 0 Å². The number of nitrogens with zero attached hydrogens (tertiary/aromatic N) is 3. The smallest absolute Gasteiger partial charge is 0.277 e. The van der Waals surface area contributed by atoms with Crippen LogP contribution < -0.4 is 10.6 Å². The van der Waals surface area contributed by atoms with E-state index in [1.165, 1.54) is 23.0 Å². The van der Waals surface area contributed by atoms with E-state index in [9.17, 15) is 9.18 Å². The second-order valence-corrected chi connectivity index (χ2v) is 6.17. The zero-order valence-electron chi connectivity index (χ0n) is 14.4. The highest BCUT2D eigenvalue weighted by molar-refractivity contribution is 6.02. The Kier molecular flexibility index (Phi) is 4.91. The number of nitrogens with one attached hydrogen (secondary N) is 2. The number of hydrogen-bond donors (Lipinski definition) is 2. The molecule has 1 fully saturated rings. The summed E-state index contributed by atoms with van der Waals surface area (Å²) < 4.78 is 20.4. The van der Waals surface area contributed by atoms with E-state index in [-0.39, 0.29) is 23.5 Å². The van der Waals surface area contributed by atoms with Crippen LogP contribution in [0, 0.1) is 5.82 Å². The van der Waals surface area contributed by atoms with Gasteiger partial charge in [-0.25, -0.2) is 9.07 Å². The van der Waals surface area contributed by atoms with E-state index in [4.69, 9.17) is 4.74 Å². The van der Waals surface area contributed by atoms with E-state index in [1.807, 2.05) is 24.3 Å². The third-order valence-corrected chi connectivity index (χ3v) is 4.27. The number of aromatic nitrogens is 3. The summed E-state index contributed by atoms with van der Waals surface area (Å²) in [4.78, 5) is 12.4. The first-order valence-corrected chi connectivity index (χ1v) is 8.61. The zero-order valence-corrected chi connectivity index (χ0v) is 14.4. The molecule has 1 saturated heterocycles. The van der Waals surface area contributed by atoms with Gasteiger partial charge in [0.05, 0.1) is 24.6 Å². The van der Waals surface area contributed by atoms with E-state index in [1.54, 1.807) is 12.1 Å². The number of ether oxygens (including phenoxy) is 1. The fourth-order valence-electron chi connectivity index (χ4n) is 2.87. The van der Waals surface area contributed by atoms with Crippen LogP contribution in [0.15, 0.2) is 54.7 Å². The molecule has 2 heterocycles. The third kappa shape index (κ3) is 4.02. The first-order chi connectivity index (χ1) is 13.2. The second kappa shape index (κ2) is 7.65. The molecule has 7 nitrogen and oxygen atoms in total. The number of morpholine rings is 1. The highest BCUT2D eigenvalue weighted by atomic mass is 19.1. The van der Waals surface area contributed by atoms with Crippen molar-refractivity contribution in [2.75, 3.05) is 25.0 Å². The van der Waals surface area contributed by atoms with Crippen LogP contribution in [-0.4, -0.2) is 40.6 Å². The van der Waals surface area contributed by atoms with Gasteiger partial charge in [-0.3, -0.25) is 4.79 Å². The Morgan fingerprint density at radius 1 is 1.26 bits per heavy atom. The summed E-state index contributed by atoms with van der Waals surface area (Å²) in [5.41, 5.74) is 2.33. The fraction of sp³-hybridized carbons (Fsp3) is 0.211. The van der Waals surface area contributed by atoms with Gasteiger partial charge in [-0.2, -0.15) is 0 Å². The van der Waals surface area contributed by atoms with Gasteiger partial charge in [-0.1, -0.05) is 23.4 Å². The maximum Gasteiger partial charge on any atom is 0.277 e. The van der Waals surface area contributed by atoms with Crippen LogP contribution in [0.25, 0.3) is 5.69 Å². The van der Waals surface area contributed by atoms with E-state index >= 15 is 0 Å². The van der Waals surface area contributed by atoms with Gasteiger partial charge in [-0.05, 0) is 35.9 Å². The Morgan fingerprint density at radius 2 is 2.11 bits per heavy atom. The Hall–Kier alpha value is -3.10. The number of rotatable bonds is 4. The molecule has 0 spiro atoms. The van der Waals surface area contributed by atoms with Crippen LogP contribution in [0.1, 0.15) is 22.2 Å². The average molecular weight is 367 g/mol. The molecule has 1 amide bonds. The van der Waals surface area contributed by atoms with Crippen molar-refractivity contribution in [1.29, 1.82) is 0 Å². The van der Waals surface area contributed by atoms with Gasteiger partial charge < -0.3 is 15.4 Å². The Bertz CT molecular complexity index is 935. The number of amides is 1. The summed E-state index contributed by atoms with van der Waals surface area (Å²) in [6, 6.07) is 13.4. The van der Waals surface area contributed by atoms with Crippen LogP contribution in [0.2, 0.25) is 0 Å². The molecule has 1 unspecified atom stereocenters. The van der Waals surface area contributed by atoms with Gasteiger partial charge in [0.25, 0.3) is 5.91 Å². The molecule has 0 radical (unpaired) electrons.